The number of benzene rings is 1. The van der Waals surface area contributed by atoms with Crippen molar-refractivity contribution in [2.24, 2.45) is 5.41 Å². The third-order valence-electron chi connectivity index (χ3n) is 4.88. The van der Waals surface area contributed by atoms with Gasteiger partial charge in [-0.1, -0.05) is 30.3 Å². The molecule has 0 bridgehead atoms. The Balaban J connectivity index is 1.74. The molecule has 3 N–H and O–H groups in total. The van der Waals surface area contributed by atoms with Crippen LogP contribution < -0.4 is 10.2 Å². The molecule has 21 heavy (non-hydrogen) atoms. The van der Waals surface area contributed by atoms with Crippen molar-refractivity contribution >= 4 is 0 Å². The minimum Gasteiger partial charge on any atom is -0.343 e. The van der Waals surface area contributed by atoms with Crippen LogP contribution in [0.1, 0.15) is 51.0 Å². The summed E-state index contributed by atoms with van der Waals surface area (Å²) in [6.07, 6.45) is 5.49. The zero-order chi connectivity index (χ0) is 15.3. The van der Waals surface area contributed by atoms with Crippen molar-refractivity contribution in [3.8, 4) is 0 Å². The zero-order valence-electron chi connectivity index (χ0n) is 14.4. The van der Waals surface area contributed by atoms with E-state index >= 15 is 0 Å². The van der Waals surface area contributed by atoms with Gasteiger partial charge in [0.05, 0.1) is 38.6 Å². The molecular formula is C19H34N2+2. The molecule has 0 atom stereocenters. The number of rotatable bonds is 6. The Morgan fingerprint density at radius 3 is 2.24 bits per heavy atom. The average molecular weight is 290 g/mol. The summed E-state index contributed by atoms with van der Waals surface area (Å²) in [7, 11) is 4.51. The number of nitrogens with two attached hydrogens (primary N) is 1. The first-order valence-corrected chi connectivity index (χ1v) is 8.63. The molecule has 1 aliphatic carbocycles. The van der Waals surface area contributed by atoms with Crippen LogP contribution in [0.3, 0.4) is 0 Å². The third-order valence-corrected chi connectivity index (χ3v) is 4.88. The summed E-state index contributed by atoms with van der Waals surface area (Å²) in [5, 5.41) is 2.63. The highest BCUT2D eigenvalue weighted by Crippen LogP contribution is 2.31. The second-order valence-corrected chi connectivity index (χ2v) is 8.01. The van der Waals surface area contributed by atoms with E-state index in [-0.39, 0.29) is 0 Å². The van der Waals surface area contributed by atoms with Crippen molar-refractivity contribution in [2.45, 2.75) is 51.5 Å². The fraction of sp³-hybridized carbons (Fsp3) is 0.684. The van der Waals surface area contributed by atoms with Crippen molar-refractivity contribution in [1.82, 2.24) is 0 Å². The van der Waals surface area contributed by atoms with Crippen molar-refractivity contribution < 1.29 is 10.2 Å². The van der Waals surface area contributed by atoms with Crippen molar-refractivity contribution in [1.29, 1.82) is 0 Å². The second-order valence-electron chi connectivity index (χ2n) is 8.01. The lowest BCUT2D eigenvalue weighted by molar-refractivity contribution is -0.869. The van der Waals surface area contributed by atoms with E-state index in [0.29, 0.717) is 5.41 Å². The van der Waals surface area contributed by atoms with Gasteiger partial charge in [-0.2, -0.15) is 0 Å². The largest absolute Gasteiger partial charge is 0.343 e. The Kier molecular flexibility index (Phi) is 5.83. The predicted octanol–water partition coefficient (Wildman–Crippen LogP) is 1.45. The first kappa shape index (κ1) is 16.5. The van der Waals surface area contributed by atoms with Gasteiger partial charge in [-0.05, 0) is 51.0 Å². The van der Waals surface area contributed by atoms with E-state index in [4.69, 9.17) is 0 Å². The SMILES string of the molecule is C[NH+](C)CC(C)(C)C[NH2+]C1CCC(c2ccccc2)CC1. The molecule has 2 nitrogen and oxygen atoms in total. The topological polar surface area (TPSA) is 21.1 Å². The van der Waals surface area contributed by atoms with E-state index in [1.54, 1.807) is 10.5 Å². The maximum atomic E-state index is 2.63. The van der Waals surface area contributed by atoms with Gasteiger partial charge < -0.3 is 10.2 Å². The maximum absolute atomic E-state index is 2.63. The summed E-state index contributed by atoms with van der Waals surface area (Å²) >= 11 is 0. The molecule has 118 valence electrons. The van der Waals surface area contributed by atoms with Gasteiger partial charge in [0, 0.05) is 0 Å². The van der Waals surface area contributed by atoms with E-state index in [1.165, 1.54) is 38.8 Å². The molecule has 0 heterocycles. The Morgan fingerprint density at radius 1 is 1.05 bits per heavy atom. The average Bonchev–Trinajstić information content (AvgIpc) is 2.45. The normalized spacial score (nSPS) is 23.5. The molecule has 0 aromatic heterocycles. The minimum absolute atomic E-state index is 0.440. The van der Waals surface area contributed by atoms with Gasteiger partial charge in [0.25, 0.3) is 0 Å². The molecule has 0 unspecified atom stereocenters. The molecule has 1 aromatic rings. The Morgan fingerprint density at radius 2 is 1.67 bits per heavy atom. The molecule has 1 aromatic carbocycles. The van der Waals surface area contributed by atoms with Gasteiger partial charge in [-0.3, -0.25) is 0 Å². The van der Waals surface area contributed by atoms with E-state index in [0.717, 1.165) is 12.0 Å². The standard InChI is InChI=1S/C19H32N2/c1-19(2,15-21(3)4)14-20-18-12-10-17(11-13-18)16-8-6-5-7-9-16/h5-9,17-18,20H,10-15H2,1-4H3/p+2. The van der Waals surface area contributed by atoms with Crippen LogP contribution in [0.5, 0.6) is 0 Å². The van der Waals surface area contributed by atoms with Crippen molar-refractivity contribution in [3.05, 3.63) is 35.9 Å². The first-order chi connectivity index (χ1) is 9.96. The lowest BCUT2D eigenvalue weighted by Gasteiger charge is -2.30. The molecule has 0 aliphatic heterocycles. The Bertz CT molecular complexity index is 403. The molecule has 2 rings (SSSR count). The molecule has 1 saturated carbocycles. The van der Waals surface area contributed by atoms with E-state index in [2.05, 4.69) is 63.6 Å². The van der Waals surface area contributed by atoms with Crippen LogP contribution in [0.4, 0.5) is 0 Å². The highest BCUT2D eigenvalue weighted by Gasteiger charge is 2.28. The van der Waals surface area contributed by atoms with Crippen LogP contribution in [0.2, 0.25) is 0 Å². The molecule has 0 amide bonds. The van der Waals surface area contributed by atoms with Crippen molar-refractivity contribution in [3.63, 3.8) is 0 Å². The molecule has 2 heteroatoms. The van der Waals surface area contributed by atoms with Crippen molar-refractivity contribution in [2.75, 3.05) is 27.2 Å². The summed E-state index contributed by atoms with van der Waals surface area (Å²) in [6.45, 7) is 7.33. The lowest BCUT2D eigenvalue weighted by atomic mass is 9.81. The summed E-state index contributed by atoms with van der Waals surface area (Å²) in [5.41, 5.74) is 1.99. The Labute approximate surface area is 130 Å². The minimum atomic E-state index is 0.440. The number of hydrogen-bond donors (Lipinski definition) is 2. The van der Waals surface area contributed by atoms with Gasteiger partial charge in [0.15, 0.2) is 0 Å². The molecular weight excluding hydrogens is 256 g/mol. The van der Waals surface area contributed by atoms with Crippen LogP contribution in [0, 0.1) is 5.41 Å². The summed E-state index contributed by atoms with van der Waals surface area (Å²) < 4.78 is 0. The third kappa shape index (κ3) is 5.44. The molecule has 1 fully saturated rings. The van der Waals surface area contributed by atoms with Crippen LogP contribution in [0.15, 0.2) is 30.3 Å². The number of hydrogen-bond acceptors (Lipinski definition) is 0. The molecule has 0 spiro atoms. The fourth-order valence-electron chi connectivity index (χ4n) is 3.93. The van der Waals surface area contributed by atoms with E-state index in [1.807, 2.05) is 0 Å². The predicted molar refractivity (Wildman–Crippen MR) is 89.7 cm³/mol. The van der Waals surface area contributed by atoms with E-state index < -0.39 is 0 Å². The molecule has 0 saturated heterocycles. The monoisotopic (exact) mass is 290 g/mol. The van der Waals surface area contributed by atoms with Crippen LogP contribution >= 0.6 is 0 Å². The first-order valence-electron chi connectivity index (χ1n) is 8.63. The van der Waals surface area contributed by atoms with Crippen LogP contribution in [-0.2, 0) is 0 Å². The van der Waals surface area contributed by atoms with Gasteiger partial charge in [-0.25, -0.2) is 0 Å². The molecule has 0 radical (unpaired) electrons. The second kappa shape index (κ2) is 7.42. The summed E-state index contributed by atoms with van der Waals surface area (Å²) in [4.78, 5) is 1.56. The van der Waals surface area contributed by atoms with Gasteiger partial charge in [-0.15, -0.1) is 0 Å². The quantitative estimate of drug-likeness (QED) is 0.791. The van der Waals surface area contributed by atoms with Crippen LogP contribution in [0.25, 0.3) is 0 Å². The Hall–Kier alpha value is -0.860. The molecule has 1 aliphatic rings. The van der Waals surface area contributed by atoms with E-state index in [9.17, 15) is 0 Å². The summed E-state index contributed by atoms with van der Waals surface area (Å²) in [6, 6.07) is 11.9. The summed E-state index contributed by atoms with van der Waals surface area (Å²) in [5.74, 6) is 0.801. The number of quaternary nitrogens is 2. The van der Waals surface area contributed by atoms with Gasteiger partial charge in [0.2, 0.25) is 0 Å². The zero-order valence-corrected chi connectivity index (χ0v) is 14.4. The highest BCUT2D eigenvalue weighted by atomic mass is 15.1. The number of nitrogens with one attached hydrogen (secondary N) is 1. The smallest absolute Gasteiger partial charge is 0.0873 e. The fourth-order valence-corrected chi connectivity index (χ4v) is 3.93. The maximum Gasteiger partial charge on any atom is 0.0873 e. The van der Waals surface area contributed by atoms with Crippen LogP contribution in [-0.4, -0.2) is 33.2 Å². The highest BCUT2D eigenvalue weighted by molar-refractivity contribution is 5.19. The lowest BCUT2D eigenvalue weighted by Crippen LogP contribution is -3.08. The van der Waals surface area contributed by atoms with Gasteiger partial charge >= 0.3 is 0 Å². The van der Waals surface area contributed by atoms with Gasteiger partial charge in [0.1, 0.15) is 0 Å².